The molecule has 0 aliphatic carbocycles. The van der Waals surface area contributed by atoms with Gasteiger partial charge in [0, 0.05) is 44.8 Å². The Hall–Kier alpha value is -1.93. The van der Waals surface area contributed by atoms with Gasteiger partial charge in [0.2, 0.25) is 0 Å². The van der Waals surface area contributed by atoms with E-state index >= 15 is 0 Å². The highest BCUT2D eigenvalue weighted by molar-refractivity contribution is 7.89. The van der Waals surface area contributed by atoms with Crippen molar-refractivity contribution >= 4 is 15.7 Å². The van der Waals surface area contributed by atoms with E-state index in [-0.39, 0.29) is 11.1 Å². The SMILES string of the molecule is Cc1nc(S(=O)(=O)N2CCC(Nc3cccnc3)C2)cn1C. The van der Waals surface area contributed by atoms with Gasteiger partial charge in [-0.1, -0.05) is 0 Å². The average Bonchev–Trinajstić information content (AvgIpc) is 3.09. The summed E-state index contributed by atoms with van der Waals surface area (Å²) < 4.78 is 28.4. The van der Waals surface area contributed by atoms with Gasteiger partial charge in [-0.25, -0.2) is 13.4 Å². The number of hydrogen-bond donors (Lipinski definition) is 1. The molecule has 1 N–H and O–H groups in total. The monoisotopic (exact) mass is 321 g/mol. The fraction of sp³-hybridized carbons (Fsp3) is 0.429. The number of hydrogen-bond acceptors (Lipinski definition) is 5. The lowest BCUT2D eigenvalue weighted by Crippen LogP contribution is -2.31. The van der Waals surface area contributed by atoms with Gasteiger partial charge in [-0.05, 0) is 25.5 Å². The average molecular weight is 321 g/mol. The van der Waals surface area contributed by atoms with Crippen LogP contribution in [0.4, 0.5) is 5.69 Å². The number of rotatable bonds is 4. The number of nitrogens with zero attached hydrogens (tertiary/aromatic N) is 4. The van der Waals surface area contributed by atoms with E-state index < -0.39 is 10.0 Å². The Labute approximate surface area is 130 Å². The topological polar surface area (TPSA) is 80.1 Å². The Morgan fingerprint density at radius 3 is 2.86 bits per heavy atom. The van der Waals surface area contributed by atoms with E-state index in [2.05, 4.69) is 15.3 Å². The second-order valence-electron chi connectivity index (χ2n) is 5.47. The van der Waals surface area contributed by atoms with Gasteiger partial charge in [-0.2, -0.15) is 4.31 Å². The summed E-state index contributed by atoms with van der Waals surface area (Å²) in [5, 5.41) is 3.44. The van der Waals surface area contributed by atoms with E-state index in [1.807, 2.05) is 12.1 Å². The zero-order valence-corrected chi connectivity index (χ0v) is 13.4. The quantitative estimate of drug-likeness (QED) is 0.908. The zero-order chi connectivity index (χ0) is 15.7. The molecule has 3 rings (SSSR count). The number of pyridine rings is 1. The standard InChI is InChI=1S/C14H19N5O2S/c1-11-16-14(10-18(11)2)22(20,21)19-7-5-13(9-19)17-12-4-3-6-15-8-12/h3-4,6,8,10,13,17H,5,7,9H2,1-2H3. The highest BCUT2D eigenvalue weighted by Gasteiger charge is 2.34. The van der Waals surface area contributed by atoms with Gasteiger partial charge >= 0.3 is 0 Å². The first-order chi connectivity index (χ1) is 10.5. The predicted molar refractivity (Wildman–Crippen MR) is 83.0 cm³/mol. The lowest BCUT2D eigenvalue weighted by atomic mass is 10.2. The van der Waals surface area contributed by atoms with E-state index in [0.29, 0.717) is 18.9 Å². The van der Waals surface area contributed by atoms with Crippen molar-refractivity contribution in [2.24, 2.45) is 7.05 Å². The molecule has 0 radical (unpaired) electrons. The molecular weight excluding hydrogens is 302 g/mol. The van der Waals surface area contributed by atoms with Crippen LogP contribution in [-0.4, -0.2) is 46.4 Å². The molecule has 3 heterocycles. The molecule has 118 valence electrons. The Morgan fingerprint density at radius 1 is 1.41 bits per heavy atom. The van der Waals surface area contributed by atoms with Crippen molar-refractivity contribution in [3.63, 3.8) is 0 Å². The predicted octanol–water partition coefficient (Wildman–Crippen LogP) is 0.999. The first kappa shape index (κ1) is 15.0. The van der Waals surface area contributed by atoms with Gasteiger partial charge in [0.25, 0.3) is 10.0 Å². The number of aromatic nitrogens is 3. The van der Waals surface area contributed by atoms with Crippen molar-refractivity contribution in [2.45, 2.75) is 24.4 Å². The van der Waals surface area contributed by atoms with Gasteiger partial charge in [-0.15, -0.1) is 0 Å². The largest absolute Gasteiger partial charge is 0.380 e. The van der Waals surface area contributed by atoms with Gasteiger partial charge in [0.05, 0.1) is 5.69 Å². The van der Waals surface area contributed by atoms with Gasteiger partial charge in [0.15, 0.2) is 5.03 Å². The summed E-state index contributed by atoms with van der Waals surface area (Å²) in [6, 6.07) is 3.86. The molecule has 7 nitrogen and oxygen atoms in total. The lowest BCUT2D eigenvalue weighted by molar-refractivity contribution is 0.472. The molecule has 0 spiro atoms. The molecule has 0 aromatic carbocycles. The fourth-order valence-electron chi connectivity index (χ4n) is 2.53. The third-order valence-corrected chi connectivity index (χ3v) is 5.61. The van der Waals surface area contributed by atoms with Crippen molar-refractivity contribution in [3.8, 4) is 0 Å². The highest BCUT2D eigenvalue weighted by Crippen LogP contribution is 2.22. The number of sulfonamides is 1. The lowest BCUT2D eigenvalue weighted by Gasteiger charge is -2.16. The summed E-state index contributed by atoms with van der Waals surface area (Å²) in [5.74, 6) is 0.683. The van der Waals surface area contributed by atoms with E-state index in [1.54, 1.807) is 37.1 Å². The molecule has 1 atom stereocenters. The van der Waals surface area contributed by atoms with Crippen molar-refractivity contribution in [3.05, 3.63) is 36.5 Å². The van der Waals surface area contributed by atoms with Crippen LogP contribution in [0.15, 0.2) is 35.7 Å². The fourth-order valence-corrected chi connectivity index (χ4v) is 4.06. The van der Waals surface area contributed by atoms with Crippen LogP contribution in [0.1, 0.15) is 12.2 Å². The van der Waals surface area contributed by atoms with E-state index in [1.165, 1.54) is 4.31 Å². The molecule has 1 aliphatic heterocycles. The van der Waals surface area contributed by atoms with E-state index in [4.69, 9.17) is 0 Å². The van der Waals surface area contributed by atoms with Crippen LogP contribution in [0.25, 0.3) is 0 Å². The molecule has 8 heteroatoms. The summed E-state index contributed by atoms with van der Waals surface area (Å²) in [6.07, 6.45) is 5.77. The first-order valence-corrected chi connectivity index (χ1v) is 8.57. The second kappa shape index (κ2) is 5.69. The van der Waals surface area contributed by atoms with Gasteiger partial charge in [0.1, 0.15) is 5.82 Å². The second-order valence-corrected chi connectivity index (χ2v) is 7.36. The van der Waals surface area contributed by atoms with Crippen LogP contribution in [0, 0.1) is 6.92 Å². The van der Waals surface area contributed by atoms with Crippen molar-refractivity contribution in [1.29, 1.82) is 0 Å². The molecule has 0 bridgehead atoms. The molecule has 1 aliphatic rings. The van der Waals surface area contributed by atoms with Crippen LogP contribution in [0.3, 0.4) is 0 Å². The van der Waals surface area contributed by atoms with Gasteiger partial charge < -0.3 is 9.88 Å². The Bertz CT molecular complexity index is 737. The van der Waals surface area contributed by atoms with Gasteiger partial charge in [-0.3, -0.25) is 4.98 Å². The molecule has 1 saturated heterocycles. The Balaban J connectivity index is 1.72. The molecule has 22 heavy (non-hydrogen) atoms. The number of anilines is 1. The minimum atomic E-state index is -3.52. The molecule has 0 saturated carbocycles. The zero-order valence-electron chi connectivity index (χ0n) is 12.6. The summed E-state index contributed by atoms with van der Waals surface area (Å²) in [7, 11) is -1.73. The smallest absolute Gasteiger partial charge is 0.262 e. The molecule has 1 fully saturated rings. The van der Waals surface area contributed by atoms with Crippen molar-refractivity contribution < 1.29 is 8.42 Å². The Morgan fingerprint density at radius 2 is 2.23 bits per heavy atom. The molecular formula is C14H19N5O2S. The highest BCUT2D eigenvalue weighted by atomic mass is 32.2. The molecule has 2 aromatic heterocycles. The minimum Gasteiger partial charge on any atom is -0.380 e. The first-order valence-electron chi connectivity index (χ1n) is 7.13. The van der Waals surface area contributed by atoms with Crippen molar-refractivity contribution in [1.82, 2.24) is 18.8 Å². The van der Waals surface area contributed by atoms with Crippen LogP contribution < -0.4 is 5.32 Å². The molecule has 2 aromatic rings. The van der Waals surface area contributed by atoms with Crippen LogP contribution >= 0.6 is 0 Å². The van der Waals surface area contributed by atoms with Crippen molar-refractivity contribution in [2.75, 3.05) is 18.4 Å². The molecule has 1 unspecified atom stereocenters. The summed E-state index contributed by atoms with van der Waals surface area (Å²) in [5.41, 5.74) is 0.903. The van der Waals surface area contributed by atoms with Crippen LogP contribution in [0.2, 0.25) is 0 Å². The third-order valence-electron chi connectivity index (χ3n) is 3.87. The van der Waals surface area contributed by atoms with E-state index in [0.717, 1.165) is 12.1 Å². The Kier molecular flexibility index (Phi) is 3.88. The number of imidazole rings is 1. The summed E-state index contributed by atoms with van der Waals surface area (Å²) in [4.78, 5) is 8.19. The summed E-state index contributed by atoms with van der Waals surface area (Å²) >= 11 is 0. The van der Waals surface area contributed by atoms with E-state index in [9.17, 15) is 8.42 Å². The third kappa shape index (κ3) is 2.84. The summed E-state index contributed by atoms with van der Waals surface area (Å²) in [6.45, 7) is 2.72. The number of nitrogens with one attached hydrogen (secondary N) is 1. The maximum atomic E-state index is 12.6. The normalized spacial score (nSPS) is 19.5. The molecule has 0 amide bonds. The maximum Gasteiger partial charge on any atom is 0.262 e. The minimum absolute atomic E-state index is 0.0868. The number of aryl methyl sites for hydroxylation is 2. The van der Waals surface area contributed by atoms with Crippen LogP contribution in [-0.2, 0) is 17.1 Å². The van der Waals surface area contributed by atoms with Crippen LogP contribution in [0.5, 0.6) is 0 Å². The maximum absolute atomic E-state index is 12.6.